The fraction of sp³-hybridized carbons (Fsp3) is 0.355. The van der Waals surface area contributed by atoms with Gasteiger partial charge >= 0.3 is 72.2 Å². The summed E-state index contributed by atoms with van der Waals surface area (Å²) in [5, 5.41) is 20.5. The van der Waals surface area contributed by atoms with Crippen LogP contribution in [-0.4, -0.2) is 16.1 Å². The Bertz CT molecular complexity index is 885. The van der Waals surface area contributed by atoms with Crippen LogP contribution in [0.15, 0.2) is 106 Å². The standard InChI is InChI=1S/C10H22Si2.2C6H6O.C5H5.C4H9.Ti/c1-11(2,3)9-7-8-10-12(4,5)6;2*7-6-4-2-1-3-5-6;1-2-4-5-3-1;1-4(2)3;/h7-10H,1-6H3;2*1-5,7H;1-3H,4H2;1-3H3;/q;;;;;+2/p-2. The monoisotopic (exact) mass is 554 g/mol. The Hall–Kier alpha value is -1.85. The maximum Gasteiger partial charge on any atom is 0.0686 e. The summed E-state index contributed by atoms with van der Waals surface area (Å²) in [5.41, 5.74) is 4.76. The van der Waals surface area contributed by atoms with E-state index < -0.39 is 16.1 Å². The second-order valence-electron chi connectivity index (χ2n) is 11.8. The first-order valence-electron chi connectivity index (χ1n) is 12.5. The first kappa shape index (κ1) is 34.1. The van der Waals surface area contributed by atoms with Crippen LogP contribution in [0.5, 0.6) is 11.5 Å². The van der Waals surface area contributed by atoms with E-state index in [9.17, 15) is 10.2 Å². The van der Waals surface area contributed by atoms with Gasteiger partial charge in [0, 0.05) is 0 Å². The zero-order valence-electron chi connectivity index (χ0n) is 23.8. The van der Waals surface area contributed by atoms with Crippen LogP contribution in [0.2, 0.25) is 43.0 Å². The average molecular weight is 555 g/mol. The van der Waals surface area contributed by atoms with Gasteiger partial charge in [-0.1, -0.05) is 123 Å². The molecule has 2 nitrogen and oxygen atoms in total. The molecule has 0 N–H and O–H groups in total. The van der Waals surface area contributed by atoms with Crippen LogP contribution in [0.4, 0.5) is 0 Å². The van der Waals surface area contributed by atoms with Gasteiger partial charge in [0.2, 0.25) is 0 Å². The summed E-state index contributed by atoms with van der Waals surface area (Å²) in [6.07, 6.45) is 12.4. The van der Waals surface area contributed by atoms with Crippen molar-refractivity contribution in [1.29, 1.82) is 0 Å². The van der Waals surface area contributed by atoms with Gasteiger partial charge in [0.05, 0.1) is 16.1 Å². The number of allylic oxidation sites excluding steroid dienone is 6. The van der Waals surface area contributed by atoms with Crippen LogP contribution in [0.3, 0.4) is 0 Å². The molecule has 0 heterocycles. The van der Waals surface area contributed by atoms with Crippen molar-refractivity contribution in [2.75, 3.05) is 0 Å². The van der Waals surface area contributed by atoms with E-state index in [4.69, 9.17) is 0 Å². The van der Waals surface area contributed by atoms with Crippen molar-refractivity contribution < 1.29 is 29.4 Å². The van der Waals surface area contributed by atoms with Crippen molar-refractivity contribution in [1.82, 2.24) is 0 Å². The van der Waals surface area contributed by atoms with Gasteiger partial charge in [0.15, 0.2) is 0 Å². The molecule has 2 aromatic carbocycles. The van der Waals surface area contributed by atoms with E-state index >= 15 is 0 Å². The largest absolute Gasteiger partial charge is 0.872 e. The third kappa shape index (κ3) is 25.2. The molecule has 0 bridgehead atoms. The number of hydrogen-bond donors (Lipinski definition) is 0. The summed E-state index contributed by atoms with van der Waals surface area (Å²) in [5.74, 6) is 0.144. The maximum atomic E-state index is 10.3. The Morgan fingerprint density at radius 1 is 0.694 bits per heavy atom. The van der Waals surface area contributed by atoms with Crippen LogP contribution in [0.25, 0.3) is 0 Å². The summed E-state index contributed by atoms with van der Waals surface area (Å²) < 4.78 is 2.28. The predicted octanol–water partition coefficient (Wildman–Crippen LogP) is 8.51. The molecule has 0 saturated carbocycles. The fourth-order valence-corrected chi connectivity index (χ4v) is 6.06. The van der Waals surface area contributed by atoms with Gasteiger partial charge in [0.1, 0.15) is 0 Å². The second-order valence-corrected chi connectivity index (χ2v) is 25.6. The van der Waals surface area contributed by atoms with Crippen LogP contribution >= 0.6 is 0 Å². The van der Waals surface area contributed by atoms with Crippen LogP contribution in [-0.2, 0) is 19.2 Å². The molecule has 0 spiro atoms. The minimum Gasteiger partial charge on any atom is -0.872 e. The Morgan fingerprint density at radius 2 is 1.08 bits per heavy atom. The van der Waals surface area contributed by atoms with E-state index in [0.29, 0.717) is 3.72 Å². The van der Waals surface area contributed by atoms with Crippen molar-refractivity contribution >= 4 is 16.1 Å². The van der Waals surface area contributed by atoms with E-state index in [1.54, 1.807) is 28.1 Å². The zero-order valence-corrected chi connectivity index (χ0v) is 27.4. The molecule has 0 saturated heterocycles. The second kappa shape index (κ2) is 17.6. The van der Waals surface area contributed by atoms with Gasteiger partial charge in [-0.15, -0.1) is 11.5 Å². The molecule has 0 aliphatic heterocycles. The van der Waals surface area contributed by atoms with E-state index in [2.05, 4.69) is 102 Å². The van der Waals surface area contributed by atoms with Crippen LogP contribution < -0.4 is 10.2 Å². The molecule has 0 radical (unpaired) electrons. The van der Waals surface area contributed by atoms with Crippen molar-refractivity contribution in [3.05, 3.63) is 106 Å². The van der Waals surface area contributed by atoms with Gasteiger partial charge in [-0.05, 0) is 0 Å². The van der Waals surface area contributed by atoms with Gasteiger partial charge in [-0.3, -0.25) is 0 Å². The quantitative estimate of drug-likeness (QED) is 0.281. The summed E-state index contributed by atoms with van der Waals surface area (Å²) >= 11 is 0.146. The van der Waals surface area contributed by atoms with Gasteiger partial charge in [-0.2, -0.15) is 0 Å². The first-order valence-corrected chi connectivity index (χ1v) is 21.2. The van der Waals surface area contributed by atoms with Crippen molar-refractivity contribution in [3.8, 4) is 11.5 Å². The Balaban J connectivity index is 0.000000464. The molecule has 0 amide bonds. The van der Waals surface area contributed by atoms with Crippen LogP contribution in [0, 0.1) is 0 Å². The SMILES string of the molecule is C[C](C)(C)[Ti+2][C]1=CC=CC1.C[Si](C)(C)C=CC=C[Si](C)(C)C.[O-]c1ccccc1.[O-]c1ccccc1. The first-order chi connectivity index (χ1) is 16.6. The van der Waals surface area contributed by atoms with Gasteiger partial charge in [-0.25, -0.2) is 0 Å². The Labute approximate surface area is 232 Å². The zero-order chi connectivity index (χ0) is 27.7. The molecule has 1 aliphatic carbocycles. The average Bonchev–Trinajstić information content (AvgIpc) is 3.24. The molecule has 0 atom stereocenters. The van der Waals surface area contributed by atoms with E-state index in [0.717, 1.165) is 0 Å². The molecule has 5 heteroatoms. The summed E-state index contributed by atoms with van der Waals surface area (Å²) in [6, 6.07) is 16.7. The summed E-state index contributed by atoms with van der Waals surface area (Å²) in [7, 11) is -1.94. The van der Waals surface area contributed by atoms with Crippen molar-refractivity contribution in [2.24, 2.45) is 0 Å². The Morgan fingerprint density at radius 3 is 1.31 bits per heavy atom. The van der Waals surface area contributed by atoms with E-state index in [-0.39, 0.29) is 30.7 Å². The maximum absolute atomic E-state index is 10.3. The van der Waals surface area contributed by atoms with Crippen molar-refractivity contribution in [2.45, 2.75) is 70.2 Å². The smallest absolute Gasteiger partial charge is 0.0686 e. The summed E-state index contributed by atoms with van der Waals surface area (Å²) in [4.78, 5) is 0. The molecular formula is C31H46O2Si2Ti. The fourth-order valence-electron chi connectivity index (χ4n) is 2.55. The Kier molecular flexibility index (Phi) is 16.7. The molecule has 0 fully saturated rings. The molecule has 2 aromatic rings. The third-order valence-corrected chi connectivity index (χ3v) is 8.73. The summed E-state index contributed by atoms with van der Waals surface area (Å²) in [6.45, 7) is 21.1. The van der Waals surface area contributed by atoms with E-state index in [1.807, 2.05) is 12.1 Å². The molecule has 0 aromatic heterocycles. The molecule has 36 heavy (non-hydrogen) atoms. The minimum atomic E-state index is -0.970. The van der Waals surface area contributed by atoms with Crippen LogP contribution in [0.1, 0.15) is 27.2 Å². The number of rotatable bonds is 4. The normalized spacial score (nSPS) is 13.0. The van der Waals surface area contributed by atoms with E-state index in [1.165, 1.54) is 30.7 Å². The van der Waals surface area contributed by atoms with Gasteiger partial charge < -0.3 is 10.2 Å². The number of benzene rings is 2. The minimum absolute atomic E-state index is 0.0718. The van der Waals surface area contributed by atoms with Gasteiger partial charge in [0.25, 0.3) is 0 Å². The van der Waals surface area contributed by atoms with Crippen molar-refractivity contribution in [3.63, 3.8) is 0 Å². The number of para-hydroxylation sites is 2. The molecule has 1 aliphatic rings. The molecule has 0 unspecified atom stereocenters. The third-order valence-electron chi connectivity index (χ3n) is 4.10. The predicted molar refractivity (Wildman–Crippen MR) is 158 cm³/mol. The molecule has 3 rings (SSSR count). The number of hydrogen-bond acceptors (Lipinski definition) is 2. The topological polar surface area (TPSA) is 46.1 Å². The molecule has 194 valence electrons. The molecular weight excluding hydrogens is 508 g/mol.